The summed E-state index contributed by atoms with van der Waals surface area (Å²) in [6.07, 6.45) is 1.37. The first-order valence-corrected chi connectivity index (χ1v) is 9.51. The number of rotatable bonds is 8. The third-order valence-corrected chi connectivity index (χ3v) is 4.67. The molecular weight excluding hydrogens is 440 g/mol. The predicted molar refractivity (Wildman–Crippen MR) is 103 cm³/mol. The Bertz CT molecular complexity index is 1130. The number of oxazole rings is 1. The van der Waals surface area contributed by atoms with Crippen LogP contribution in [0.5, 0.6) is 11.8 Å². The molecule has 0 spiro atoms. The molecule has 0 unspecified atom stereocenters. The second-order valence-corrected chi connectivity index (χ2v) is 7.41. The monoisotopic (exact) mass is 455 g/mol. The number of fused-ring (bicyclic) bond motifs is 1. The van der Waals surface area contributed by atoms with E-state index in [0.717, 1.165) is 0 Å². The number of amides is 1. The van der Waals surface area contributed by atoms with Crippen LogP contribution in [0.1, 0.15) is 13.3 Å². The molecule has 31 heavy (non-hydrogen) atoms. The third-order valence-electron chi connectivity index (χ3n) is 4.39. The summed E-state index contributed by atoms with van der Waals surface area (Å²) in [5.74, 6) is -3.12. The SMILES string of the molecule is C[C@@H](COc1ncc2nc(-c3ncc(OC[C@H]4CC4(F)F)cc3Cl)oc2n1)NC(=O)O. The zero-order chi connectivity index (χ0) is 22.2. The summed E-state index contributed by atoms with van der Waals surface area (Å²) < 4.78 is 42.1. The van der Waals surface area contributed by atoms with Gasteiger partial charge in [0.1, 0.15) is 23.6 Å². The van der Waals surface area contributed by atoms with Gasteiger partial charge in [-0.05, 0) is 6.92 Å². The topological polar surface area (TPSA) is 132 Å². The van der Waals surface area contributed by atoms with Crippen molar-refractivity contribution in [1.82, 2.24) is 25.3 Å². The van der Waals surface area contributed by atoms with Crippen LogP contribution >= 0.6 is 11.6 Å². The summed E-state index contributed by atoms with van der Waals surface area (Å²) in [5.41, 5.74) is 0.659. The molecule has 3 heterocycles. The second kappa shape index (κ2) is 8.10. The summed E-state index contributed by atoms with van der Waals surface area (Å²) in [5, 5.41) is 11.1. The number of nitrogens with one attached hydrogen (secondary N) is 1. The van der Waals surface area contributed by atoms with Gasteiger partial charge in [0, 0.05) is 12.5 Å². The van der Waals surface area contributed by atoms with Gasteiger partial charge in [-0.1, -0.05) is 11.6 Å². The molecule has 3 aromatic heterocycles. The zero-order valence-corrected chi connectivity index (χ0v) is 16.8. The van der Waals surface area contributed by atoms with E-state index in [0.29, 0.717) is 5.52 Å². The van der Waals surface area contributed by atoms with E-state index in [1.54, 1.807) is 6.92 Å². The van der Waals surface area contributed by atoms with Crippen molar-refractivity contribution in [3.8, 4) is 23.3 Å². The first-order chi connectivity index (χ1) is 14.7. The summed E-state index contributed by atoms with van der Waals surface area (Å²) in [6, 6.07) is 0.946. The van der Waals surface area contributed by atoms with Crippen molar-refractivity contribution in [3.05, 3.63) is 23.5 Å². The maximum atomic E-state index is 12.9. The van der Waals surface area contributed by atoms with Gasteiger partial charge < -0.3 is 24.3 Å². The Kier molecular flexibility index (Phi) is 5.48. The number of carboxylic acid groups (broad SMARTS) is 1. The normalized spacial score (nSPS) is 17.9. The van der Waals surface area contributed by atoms with Gasteiger partial charge >= 0.3 is 12.1 Å². The highest BCUT2D eigenvalue weighted by molar-refractivity contribution is 6.33. The molecule has 164 valence electrons. The quantitative estimate of drug-likeness (QED) is 0.524. The first kappa shape index (κ1) is 21.0. The molecular formula is C18H16ClF2N5O5. The number of hydrogen-bond donors (Lipinski definition) is 2. The molecule has 0 bridgehead atoms. The Balaban J connectivity index is 1.44. The van der Waals surface area contributed by atoms with Gasteiger partial charge in [0.2, 0.25) is 5.89 Å². The molecule has 10 nitrogen and oxygen atoms in total. The van der Waals surface area contributed by atoms with Crippen molar-refractivity contribution in [3.63, 3.8) is 0 Å². The Morgan fingerprint density at radius 2 is 2.16 bits per heavy atom. The largest absolute Gasteiger partial charge is 0.491 e. The molecule has 0 aromatic carbocycles. The van der Waals surface area contributed by atoms with Crippen molar-refractivity contribution in [2.45, 2.75) is 25.3 Å². The summed E-state index contributed by atoms with van der Waals surface area (Å²) >= 11 is 6.23. The number of nitrogens with zero attached hydrogens (tertiary/aromatic N) is 4. The maximum Gasteiger partial charge on any atom is 0.404 e. The molecule has 1 fully saturated rings. The summed E-state index contributed by atoms with van der Waals surface area (Å²) in [6.45, 7) is 1.52. The summed E-state index contributed by atoms with van der Waals surface area (Å²) in [4.78, 5) is 27.1. The van der Waals surface area contributed by atoms with Gasteiger partial charge in [-0.25, -0.2) is 28.5 Å². The van der Waals surface area contributed by atoms with Crippen LogP contribution in [-0.4, -0.2) is 56.3 Å². The Labute approximate surface area is 178 Å². The number of carbonyl (C=O) groups is 1. The van der Waals surface area contributed by atoms with Crippen LogP contribution in [0.3, 0.4) is 0 Å². The molecule has 0 radical (unpaired) electrons. The lowest BCUT2D eigenvalue weighted by atomic mass is 10.3. The van der Waals surface area contributed by atoms with E-state index in [4.69, 9.17) is 30.6 Å². The maximum absolute atomic E-state index is 12.9. The van der Waals surface area contributed by atoms with Crippen molar-refractivity contribution in [1.29, 1.82) is 0 Å². The molecule has 1 saturated carbocycles. The van der Waals surface area contributed by atoms with Gasteiger partial charge in [0.15, 0.2) is 0 Å². The van der Waals surface area contributed by atoms with Gasteiger partial charge in [-0.3, -0.25) is 0 Å². The van der Waals surface area contributed by atoms with Gasteiger partial charge in [-0.15, -0.1) is 0 Å². The van der Waals surface area contributed by atoms with Gasteiger partial charge in [0.25, 0.3) is 11.6 Å². The average molecular weight is 456 g/mol. The Hall–Kier alpha value is -3.28. The molecule has 0 aliphatic heterocycles. The van der Waals surface area contributed by atoms with Crippen LogP contribution in [-0.2, 0) is 0 Å². The molecule has 0 saturated heterocycles. The number of aromatic nitrogens is 4. The van der Waals surface area contributed by atoms with E-state index >= 15 is 0 Å². The average Bonchev–Trinajstić information content (AvgIpc) is 3.11. The molecule has 1 aliphatic rings. The minimum Gasteiger partial charge on any atom is -0.491 e. The van der Waals surface area contributed by atoms with E-state index in [9.17, 15) is 13.6 Å². The molecule has 3 aromatic rings. The second-order valence-electron chi connectivity index (χ2n) is 7.00. The van der Waals surface area contributed by atoms with Crippen molar-refractivity contribution in [2.24, 2.45) is 5.92 Å². The van der Waals surface area contributed by atoms with Crippen LogP contribution in [0.25, 0.3) is 22.8 Å². The van der Waals surface area contributed by atoms with Crippen LogP contribution in [0.2, 0.25) is 5.02 Å². The number of ether oxygens (including phenoxy) is 2. The van der Waals surface area contributed by atoms with E-state index in [-0.39, 0.29) is 53.7 Å². The number of hydrogen-bond acceptors (Lipinski definition) is 8. The van der Waals surface area contributed by atoms with Crippen molar-refractivity contribution in [2.75, 3.05) is 13.2 Å². The zero-order valence-electron chi connectivity index (χ0n) is 16.0. The highest BCUT2D eigenvalue weighted by Crippen LogP contribution is 2.48. The van der Waals surface area contributed by atoms with Crippen LogP contribution in [0, 0.1) is 5.92 Å². The van der Waals surface area contributed by atoms with E-state index in [1.165, 1.54) is 18.5 Å². The Morgan fingerprint density at radius 1 is 1.39 bits per heavy atom. The minimum atomic E-state index is -2.66. The number of halogens is 3. The molecule has 13 heteroatoms. The van der Waals surface area contributed by atoms with Crippen molar-refractivity contribution < 1.29 is 32.6 Å². The van der Waals surface area contributed by atoms with Crippen LogP contribution in [0.15, 0.2) is 22.9 Å². The first-order valence-electron chi connectivity index (χ1n) is 9.13. The lowest BCUT2D eigenvalue weighted by molar-refractivity contribution is 0.0855. The lowest BCUT2D eigenvalue weighted by Crippen LogP contribution is -2.35. The summed E-state index contributed by atoms with van der Waals surface area (Å²) in [7, 11) is 0. The fourth-order valence-electron chi connectivity index (χ4n) is 2.65. The lowest BCUT2D eigenvalue weighted by Gasteiger charge is -2.11. The minimum absolute atomic E-state index is 0.0143. The van der Waals surface area contributed by atoms with E-state index in [2.05, 4.69) is 25.3 Å². The number of pyridine rings is 1. The van der Waals surface area contributed by atoms with Gasteiger partial charge in [0.05, 0.1) is 36.0 Å². The molecule has 1 aliphatic carbocycles. The van der Waals surface area contributed by atoms with E-state index < -0.39 is 24.0 Å². The molecule has 2 atom stereocenters. The molecule has 2 N–H and O–H groups in total. The third kappa shape index (κ3) is 4.90. The van der Waals surface area contributed by atoms with Crippen LogP contribution < -0.4 is 14.8 Å². The molecule has 4 rings (SSSR count). The highest BCUT2D eigenvalue weighted by Gasteiger charge is 2.57. The fraction of sp³-hybridized carbons (Fsp3) is 0.389. The predicted octanol–water partition coefficient (Wildman–Crippen LogP) is 3.40. The standard InChI is InChI=1S/C18H16ClF2N5O5/c1-8(24-17(27)28)6-30-16-23-5-12-14(26-16)31-15(25-12)13-11(19)2-10(4-22-13)29-7-9-3-18(9,20)21/h2,4-5,8-9,24H,3,6-7H2,1H3,(H,27,28)/t8-,9+/m0/s1. The van der Waals surface area contributed by atoms with Crippen molar-refractivity contribution >= 4 is 28.9 Å². The smallest absolute Gasteiger partial charge is 0.404 e. The van der Waals surface area contributed by atoms with Gasteiger partial charge in [-0.2, -0.15) is 4.98 Å². The molecule has 1 amide bonds. The highest BCUT2D eigenvalue weighted by atomic mass is 35.5. The fourth-order valence-corrected chi connectivity index (χ4v) is 2.88. The van der Waals surface area contributed by atoms with E-state index in [1.807, 2.05) is 0 Å². The van der Waals surface area contributed by atoms with Crippen LogP contribution in [0.4, 0.5) is 13.6 Å². The Morgan fingerprint density at radius 3 is 2.84 bits per heavy atom. The number of alkyl halides is 2.